The third-order valence-electron chi connectivity index (χ3n) is 2.58. The fraction of sp³-hybridized carbons (Fsp3) is 0.429. The highest BCUT2D eigenvalue weighted by Gasteiger charge is 2.30. The summed E-state index contributed by atoms with van der Waals surface area (Å²) in [5.74, 6) is -4.36. The number of carbonyl (C=O) groups is 2. The van der Waals surface area contributed by atoms with Gasteiger partial charge in [0.15, 0.2) is 5.92 Å². The van der Waals surface area contributed by atoms with Crippen LogP contribution in [-0.4, -0.2) is 25.2 Å². The number of carbonyl (C=O) groups excluding carboxylic acids is 2. The van der Waals surface area contributed by atoms with Crippen LogP contribution in [0.5, 0.6) is 0 Å². The Morgan fingerprint density at radius 1 is 1.10 bits per heavy atom. The van der Waals surface area contributed by atoms with Crippen LogP contribution in [0.2, 0.25) is 0 Å². The van der Waals surface area contributed by atoms with Crippen molar-refractivity contribution in [1.82, 2.24) is 0 Å². The van der Waals surface area contributed by atoms with Gasteiger partial charge in [0.2, 0.25) is 0 Å². The number of hydrogen-bond acceptors (Lipinski definition) is 4. The minimum atomic E-state index is -1.25. The second-order valence-electron chi connectivity index (χ2n) is 4.00. The lowest BCUT2D eigenvalue weighted by molar-refractivity contribution is -0.161. The number of ether oxygens (including phenoxy) is 2. The fourth-order valence-electron chi connectivity index (χ4n) is 1.66. The van der Waals surface area contributed by atoms with E-state index in [9.17, 15) is 18.4 Å². The van der Waals surface area contributed by atoms with E-state index in [1.54, 1.807) is 13.8 Å². The molecular formula is C14H16F2O4. The first-order chi connectivity index (χ1) is 9.49. The molecule has 6 heteroatoms. The molecule has 1 aromatic rings. The van der Waals surface area contributed by atoms with Crippen LogP contribution in [0.25, 0.3) is 0 Å². The number of esters is 2. The lowest BCUT2D eigenvalue weighted by Gasteiger charge is -2.14. The molecular weight excluding hydrogens is 270 g/mol. The van der Waals surface area contributed by atoms with Crippen LogP contribution in [0.3, 0.4) is 0 Å². The molecule has 0 aliphatic rings. The minimum Gasteiger partial charge on any atom is -0.465 e. The Morgan fingerprint density at radius 3 is 2.10 bits per heavy atom. The van der Waals surface area contributed by atoms with E-state index < -0.39 is 29.5 Å². The zero-order chi connectivity index (χ0) is 15.1. The van der Waals surface area contributed by atoms with Crippen LogP contribution in [-0.2, 0) is 25.5 Å². The molecule has 0 heterocycles. The summed E-state index contributed by atoms with van der Waals surface area (Å²) in [7, 11) is 0. The maximum absolute atomic E-state index is 13.6. The quantitative estimate of drug-likeness (QED) is 0.594. The summed E-state index contributed by atoms with van der Waals surface area (Å²) in [6.45, 7) is 3.39. The largest absolute Gasteiger partial charge is 0.465 e. The fourth-order valence-corrected chi connectivity index (χ4v) is 1.66. The normalized spacial score (nSPS) is 10.4. The summed E-state index contributed by atoms with van der Waals surface area (Å²) < 4.78 is 35.9. The molecule has 0 saturated heterocycles. The van der Waals surface area contributed by atoms with Crippen LogP contribution in [0, 0.1) is 17.6 Å². The van der Waals surface area contributed by atoms with Gasteiger partial charge in [0, 0.05) is 6.07 Å². The Kier molecular flexibility index (Phi) is 6.09. The van der Waals surface area contributed by atoms with E-state index in [-0.39, 0.29) is 25.2 Å². The van der Waals surface area contributed by atoms with Crippen LogP contribution in [0.1, 0.15) is 19.4 Å². The van der Waals surface area contributed by atoms with Gasteiger partial charge in [-0.2, -0.15) is 0 Å². The van der Waals surface area contributed by atoms with E-state index in [0.29, 0.717) is 6.07 Å². The van der Waals surface area contributed by atoms with E-state index in [0.717, 1.165) is 6.07 Å². The van der Waals surface area contributed by atoms with Crippen molar-refractivity contribution in [2.75, 3.05) is 13.2 Å². The molecule has 4 nitrogen and oxygen atoms in total. The van der Waals surface area contributed by atoms with Gasteiger partial charge in [0.05, 0.1) is 13.2 Å². The van der Waals surface area contributed by atoms with E-state index >= 15 is 0 Å². The van der Waals surface area contributed by atoms with Crippen LogP contribution in [0.15, 0.2) is 18.2 Å². The van der Waals surface area contributed by atoms with E-state index in [2.05, 4.69) is 0 Å². The van der Waals surface area contributed by atoms with Gasteiger partial charge >= 0.3 is 11.9 Å². The topological polar surface area (TPSA) is 52.6 Å². The number of rotatable bonds is 6. The molecule has 0 aromatic heterocycles. The zero-order valence-corrected chi connectivity index (χ0v) is 11.3. The minimum absolute atomic E-state index is 0.0532. The molecule has 0 atom stereocenters. The molecule has 1 aromatic carbocycles. The standard InChI is InChI=1S/C14H16F2O4/c1-3-19-13(17)11(14(18)20-4-2)7-9-5-6-10(15)8-12(9)16/h5-6,8,11H,3-4,7H2,1-2H3. The first kappa shape index (κ1) is 16.1. The molecule has 1 rings (SSSR count). The van der Waals surface area contributed by atoms with Gasteiger partial charge in [-0.3, -0.25) is 9.59 Å². The third-order valence-corrected chi connectivity index (χ3v) is 2.58. The molecule has 0 aliphatic heterocycles. The first-order valence-corrected chi connectivity index (χ1v) is 6.26. The van der Waals surface area contributed by atoms with Gasteiger partial charge in [-0.05, 0) is 31.9 Å². The van der Waals surface area contributed by atoms with Crippen LogP contribution < -0.4 is 0 Å². The van der Waals surface area contributed by atoms with Crippen LogP contribution in [0.4, 0.5) is 8.78 Å². The van der Waals surface area contributed by atoms with Gasteiger partial charge in [-0.25, -0.2) is 8.78 Å². The molecule has 20 heavy (non-hydrogen) atoms. The van der Waals surface area contributed by atoms with Crippen molar-refractivity contribution < 1.29 is 27.8 Å². The molecule has 0 spiro atoms. The highest BCUT2D eigenvalue weighted by molar-refractivity contribution is 5.95. The summed E-state index contributed by atoms with van der Waals surface area (Å²) in [4.78, 5) is 23.4. The summed E-state index contributed by atoms with van der Waals surface area (Å²) in [6.07, 6.45) is -0.232. The second kappa shape index (κ2) is 7.57. The molecule has 0 N–H and O–H groups in total. The molecule has 110 valence electrons. The van der Waals surface area contributed by atoms with Gasteiger partial charge in [0.25, 0.3) is 0 Å². The third kappa shape index (κ3) is 4.29. The Morgan fingerprint density at radius 2 is 1.65 bits per heavy atom. The van der Waals surface area contributed by atoms with Crippen molar-refractivity contribution in [2.24, 2.45) is 5.92 Å². The summed E-state index contributed by atoms with van der Waals surface area (Å²) in [5.41, 5.74) is 0.0532. The average molecular weight is 286 g/mol. The first-order valence-electron chi connectivity index (χ1n) is 6.26. The van der Waals surface area contributed by atoms with Crippen molar-refractivity contribution in [1.29, 1.82) is 0 Å². The highest BCUT2D eigenvalue weighted by Crippen LogP contribution is 2.17. The number of halogens is 2. The van der Waals surface area contributed by atoms with E-state index in [1.807, 2.05) is 0 Å². The smallest absolute Gasteiger partial charge is 0.320 e. The molecule has 0 radical (unpaired) electrons. The Hall–Kier alpha value is -1.98. The van der Waals surface area contributed by atoms with Gasteiger partial charge in [-0.15, -0.1) is 0 Å². The predicted octanol–water partition coefficient (Wildman–Crippen LogP) is 2.25. The lowest BCUT2D eigenvalue weighted by Crippen LogP contribution is -2.30. The van der Waals surface area contributed by atoms with E-state index in [4.69, 9.17) is 9.47 Å². The Balaban J connectivity index is 2.93. The Labute approximate surface area is 115 Å². The molecule has 0 bridgehead atoms. The van der Waals surface area contributed by atoms with Crippen molar-refractivity contribution in [2.45, 2.75) is 20.3 Å². The van der Waals surface area contributed by atoms with Crippen molar-refractivity contribution in [3.8, 4) is 0 Å². The van der Waals surface area contributed by atoms with E-state index in [1.165, 1.54) is 6.07 Å². The maximum atomic E-state index is 13.6. The van der Waals surface area contributed by atoms with Crippen molar-refractivity contribution in [3.63, 3.8) is 0 Å². The lowest BCUT2D eigenvalue weighted by atomic mass is 9.99. The highest BCUT2D eigenvalue weighted by atomic mass is 19.1. The maximum Gasteiger partial charge on any atom is 0.320 e. The molecule has 0 fully saturated rings. The summed E-state index contributed by atoms with van der Waals surface area (Å²) >= 11 is 0. The molecule has 0 amide bonds. The van der Waals surface area contributed by atoms with Gasteiger partial charge in [-0.1, -0.05) is 6.07 Å². The molecule has 0 unspecified atom stereocenters. The second-order valence-corrected chi connectivity index (χ2v) is 4.00. The number of hydrogen-bond donors (Lipinski definition) is 0. The molecule has 0 aliphatic carbocycles. The number of benzene rings is 1. The monoisotopic (exact) mass is 286 g/mol. The predicted molar refractivity (Wildman–Crippen MR) is 66.8 cm³/mol. The zero-order valence-electron chi connectivity index (χ0n) is 11.3. The van der Waals surface area contributed by atoms with Gasteiger partial charge < -0.3 is 9.47 Å². The van der Waals surface area contributed by atoms with Crippen LogP contribution >= 0.6 is 0 Å². The van der Waals surface area contributed by atoms with Crippen molar-refractivity contribution >= 4 is 11.9 Å². The molecule has 0 saturated carbocycles. The average Bonchev–Trinajstić information content (AvgIpc) is 2.38. The van der Waals surface area contributed by atoms with Gasteiger partial charge in [0.1, 0.15) is 11.6 Å². The summed E-state index contributed by atoms with van der Waals surface area (Å²) in [5, 5.41) is 0. The Bertz CT molecular complexity index is 470. The van der Waals surface area contributed by atoms with Crippen molar-refractivity contribution in [3.05, 3.63) is 35.4 Å². The SMILES string of the molecule is CCOC(=O)C(Cc1ccc(F)cc1F)C(=O)OCC. The summed E-state index contributed by atoms with van der Waals surface area (Å²) in [6, 6.07) is 2.95.